The Hall–Kier alpha value is -2.38. The van der Waals surface area contributed by atoms with Crippen LogP contribution in [-0.4, -0.2) is 50.7 Å². The molecule has 1 fully saturated rings. The smallest absolute Gasteiger partial charge is 0.160 e. The number of H-pyrrole nitrogens is 1. The summed E-state index contributed by atoms with van der Waals surface area (Å²) in [5, 5.41) is 18.7. The van der Waals surface area contributed by atoms with E-state index in [-0.39, 0.29) is 6.04 Å². The molecule has 1 atom stereocenters. The van der Waals surface area contributed by atoms with Crippen molar-refractivity contribution in [1.29, 1.82) is 0 Å². The fourth-order valence-corrected chi connectivity index (χ4v) is 3.39. The summed E-state index contributed by atoms with van der Waals surface area (Å²) in [5.74, 6) is 1.63. The Morgan fingerprint density at radius 1 is 1.32 bits per heavy atom. The van der Waals surface area contributed by atoms with Crippen molar-refractivity contribution >= 4 is 16.9 Å². The van der Waals surface area contributed by atoms with Crippen LogP contribution in [0, 0.1) is 0 Å². The van der Waals surface area contributed by atoms with Gasteiger partial charge in [0.05, 0.1) is 24.9 Å². The molecule has 25 heavy (non-hydrogen) atoms. The minimum Gasteiger partial charge on any atom is -0.386 e. The SMILES string of the molecule is C[C@@H]1COCCN1c1cc(C(C)(C)O)c2ccn(-c3cc[nH]n3)c2n1. The number of aromatic amines is 1. The van der Waals surface area contributed by atoms with Gasteiger partial charge in [-0.2, -0.15) is 5.10 Å². The van der Waals surface area contributed by atoms with Crippen LogP contribution in [0.4, 0.5) is 5.82 Å². The van der Waals surface area contributed by atoms with E-state index in [0.29, 0.717) is 13.2 Å². The highest BCUT2D eigenvalue weighted by Crippen LogP contribution is 2.33. The highest BCUT2D eigenvalue weighted by molar-refractivity contribution is 5.84. The molecule has 0 saturated carbocycles. The predicted octanol–water partition coefficient (Wildman–Crippen LogP) is 2.20. The standard InChI is InChI=1S/C18H23N5O2/c1-12-11-25-9-8-22(12)16-10-14(18(2,3)24)13-5-7-23(17(13)20-16)15-4-6-19-21-15/h4-7,10,12,24H,8-9,11H2,1-3H3,(H,19,21)/t12-/m1/s1. The Balaban J connectivity index is 1.93. The molecule has 0 amide bonds. The number of morpholine rings is 1. The van der Waals surface area contributed by atoms with Gasteiger partial charge in [0.25, 0.3) is 0 Å². The minimum atomic E-state index is -0.969. The maximum atomic E-state index is 10.7. The maximum Gasteiger partial charge on any atom is 0.160 e. The van der Waals surface area contributed by atoms with Crippen molar-refractivity contribution in [2.75, 3.05) is 24.7 Å². The highest BCUT2D eigenvalue weighted by atomic mass is 16.5. The Morgan fingerprint density at radius 2 is 2.16 bits per heavy atom. The first-order chi connectivity index (χ1) is 11.9. The molecular weight excluding hydrogens is 318 g/mol. The molecule has 4 rings (SSSR count). The number of ether oxygens (including phenoxy) is 1. The molecule has 4 heterocycles. The van der Waals surface area contributed by atoms with Crippen molar-refractivity contribution in [2.24, 2.45) is 0 Å². The Kier molecular flexibility index (Phi) is 3.77. The number of aromatic nitrogens is 4. The lowest BCUT2D eigenvalue weighted by Crippen LogP contribution is -2.44. The van der Waals surface area contributed by atoms with Crippen LogP contribution in [0.1, 0.15) is 26.3 Å². The van der Waals surface area contributed by atoms with E-state index >= 15 is 0 Å². The second-order valence-corrected chi connectivity index (χ2v) is 7.06. The number of rotatable bonds is 3. The van der Waals surface area contributed by atoms with E-state index in [1.165, 1.54) is 0 Å². The molecule has 132 valence electrons. The fraction of sp³-hybridized carbons (Fsp3) is 0.444. The largest absolute Gasteiger partial charge is 0.386 e. The van der Waals surface area contributed by atoms with Crippen molar-refractivity contribution in [3.63, 3.8) is 0 Å². The molecule has 0 aromatic carbocycles. The summed E-state index contributed by atoms with van der Waals surface area (Å²) in [6.45, 7) is 7.89. The maximum absolute atomic E-state index is 10.7. The zero-order chi connectivity index (χ0) is 17.6. The first kappa shape index (κ1) is 16.1. The Labute approximate surface area is 146 Å². The normalized spacial score (nSPS) is 18.9. The summed E-state index contributed by atoms with van der Waals surface area (Å²) in [7, 11) is 0. The van der Waals surface area contributed by atoms with E-state index in [4.69, 9.17) is 9.72 Å². The molecule has 7 heteroatoms. The van der Waals surface area contributed by atoms with Gasteiger partial charge in [-0.15, -0.1) is 0 Å². The molecule has 1 saturated heterocycles. The van der Waals surface area contributed by atoms with Crippen molar-refractivity contribution < 1.29 is 9.84 Å². The first-order valence-electron chi connectivity index (χ1n) is 8.54. The van der Waals surface area contributed by atoms with E-state index < -0.39 is 5.60 Å². The second-order valence-electron chi connectivity index (χ2n) is 7.06. The van der Waals surface area contributed by atoms with Gasteiger partial charge < -0.3 is 14.7 Å². The van der Waals surface area contributed by atoms with Crippen LogP contribution in [0.3, 0.4) is 0 Å². The molecule has 0 unspecified atom stereocenters. The molecule has 7 nitrogen and oxygen atoms in total. The van der Waals surface area contributed by atoms with Crippen molar-refractivity contribution in [3.05, 3.63) is 36.2 Å². The summed E-state index contributed by atoms with van der Waals surface area (Å²) < 4.78 is 7.49. The highest BCUT2D eigenvalue weighted by Gasteiger charge is 2.27. The Bertz CT molecular complexity index is 879. The van der Waals surface area contributed by atoms with Crippen molar-refractivity contribution in [2.45, 2.75) is 32.4 Å². The van der Waals surface area contributed by atoms with Gasteiger partial charge in [0.1, 0.15) is 11.5 Å². The van der Waals surface area contributed by atoms with Gasteiger partial charge in [0.2, 0.25) is 0 Å². The van der Waals surface area contributed by atoms with E-state index in [9.17, 15) is 5.11 Å². The number of aliphatic hydroxyl groups is 1. The second kappa shape index (κ2) is 5.86. The summed E-state index contributed by atoms with van der Waals surface area (Å²) in [4.78, 5) is 7.14. The predicted molar refractivity (Wildman–Crippen MR) is 96.1 cm³/mol. The third-order valence-corrected chi connectivity index (χ3v) is 4.70. The number of nitrogens with zero attached hydrogens (tertiary/aromatic N) is 4. The van der Waals surface area contributed by atoms with Crippen LogP contribution >= 0.6 is 0 Å². The van der Waals surface area contributed by atoms with Gasteiger partial charge in [-0.1, -0.05) is 0 Å². The van der Waals surface area contributed by atoms with Gasteiger partial charge in [-0.25, -0.2) is 4.98 Å². The molecule has 3 aromatic heterocycles. The average molecular weight is 341 g/mol. The average Bonchev–Trinajstić information content (AvgIpc) is 3.22. The van der Waals surface area contributed by atoms with Crippen LogP contribution in [0.15, 0.2) is 30.6 Å². The number of hydrogen-bond acceptors (Lipinski definition) is 5. The van der Waals surface area contributed by atoms with Crippen molar-refractivity contribution in [3.8, 4) is 5.82 Å². The lowest BCUT2D eigenvalue weighted by molar-refractivity contribution is 0.0799. The van der Waals surface area contributed by atoms with Crippen LogP contribution < -0.4 is 4.90 Å². The molecule has 0 spiro atoms. The minimum absolute atomic E-state index is 0.238. The number of fused-ring (bicyclic) bond motifs is 1. The first-order valence-corrected chi connectivity index (χ1v) is 8.54. The van der Waals surface area contributed by atoms with E-state index in [1.54, 1.807) is 20.0 Å². The van der Waals surface area contributed by atoms with Gasteiger partial charge in [-0.3, -0.25) is 9.67 Å². The zero-order valence-corrected chi connectivity index (χ0v) is 14.7. The van der Waals surface area contributed by atoms with Crippen LogP contribution in [0.25, 0.3) is 16.9 Å². The molecule has 1 aliphatic rings. The van der Waals surface area contributed by atoms with Gasteiger partial charge in [0.15, 0.2) is 5.82 Å². The number of nitrogens with one attached hydrogen (secondary N) is 1. The van der Waals surface area contributed by atoms with Crippen LogP contribution in [0.5, 0.6) is 0 Å². The molecule has 0 bridgehead atoms. The van der Waals surface area contributed by atoms with Crippen molar-refractivity contribution in [1.82, 2.24) is 19.7 Å². The third kappa shape index (κ3) is 2.79. The van der Waals surface area contributed by atoms with E-state index in [2.05, 4.69) is 22.0 Å². The lowest BCUT2D eigenvalue weighted by Gasteiger charge is -2.35. The number of hydrogen-bond donors (Lipinski definition) is 2. The number of pyridine rings is 1. The molecular formula is C18H23N5O2. The molecule has 0 radical (unpaired) electrons. The zero-order valence-electron chi connectivity index (χ0n) is 14.7. The topological polar surface area (TPSA) is 79.2 Å². The monoisotopic (exact) mass is 341 g/mol. The molecule has 2 N–H and O–H groups in total. The van der Waals surface area contributed by atoms with Crippen LogP contribution in [-0.2, 0) is 10.3 Å². The van der Waals surface area contributed by atoms with Gasteiger partial charge in [0, 0.05) is 30.4 Å². The Morgan fingerprint density at radius 3 is 2.84 bits per heavy atom. The summed E-state index contributed by atoms with van der Waals surface area (Å²) in [6.07, 6.45) is 3.72. The van der Waals surface area contributed by atoms with Gasteiger partial charge >= 0.3 is 0 Å². The summed E-state index contributed by atoms with van der Waals surface area (Å²) >= 11 is 0. The third-order valence-electron chi connectivity index (χ3n) is 4.70. The summed E-state index contributed by atoms with van der Waals surface area (Å²) in [5.41, 5.74) is 0.685. The quantitative estimate of drug-likeness (QED) is 0.763. The van der Waals surface area contributed by atoms with Crippen LogP contribution in [0.2, 0.25) is 0 Å². The van der Waals surface area contributed by atoms with Gasteiger partial charge in [-0.05, 0) is 38.5 Å². The fourth-order valence-electron chi connectivity index (χ4n) is 3.39. The number of anilines is 1. The molecule has 1 aliphatic heterocycles. The molecule has 3 aromatic rings. The molecule has 0 aliphatic carbocycles. The van der Waals surface area contributed by atoms with E-state index in [1.807, 2.05) is 29.0 Å². The summed E-state index contributed by atoms with van der Waals surface area (Å²) in [6, 6.07) is 6.12. The van der Waals surface area contributed by atoms with E-state index in [0.717, 1.165) is 34.8 Å². The lowest BCUT2D eigenvalue weighted by atomic mass is 9.96.